The van der Waals surface area contributed by atoms with E-state index < -0.39 is 0 Å². The Morgan fingerprint density at radius 2 is 2.07 bits per heavy atom. The van der Waals surface area contributed by atoms with Crippen LogP contribution in [0.2, 0.25) is 0 Å². The Kier molecular flexibility index (Phi) is 2.70. The van der Waals surface area contributed by atoms with Crippen molar-refractivity contribution in [2.45, 2.75) is 20.8 Å². The minimum atomic E-state index is 0.330. The van der Waals surface area contributed by atoms with E-state index in [2.05, 4.69) is 44.3 Å². The van der Waals surface area contributed by atoms with Crippen LogP contribution < -0.4 is 5.32 Å². The fourth-order valence-corrected chi connectivity index (χ4v) is 1.80. The molecule has 2 heteroatoms. The summed E-state index contributed by atoms with van der Waals surface area (Å²) in [5.41, 5.74) is 4.27. The highest BCUT2D eigenvalue weighted by Crippen LogP contribution is 2.27. The minimum absolute atomic E-state index is 0.330. The average Bonchev–Trinajstić information content (AvgIpc) is 2.17. The lowest BCUT2D eigenvalue weighted by molar-refractivity contribution is -0.0924. The van der Waals surface area contributed by atoms with Crippen LogP contribution >= 0.6 is 0 Å². The van der Waals surface area contributed by atoms with E-state index >= 15 is 0 Å². The second-order valence-corrected chi connectivity index (χ2v) is 4.90. The number of rotatable bonds is 3. The van der Waals surface area contributed by atoms with Crippen LogP contribution in [0.25, 0.3) is 0 Å². The quantitative estimate of drug-likeness (QED) is 0.819. The van der Waals surface area contributed by atoms with Crippen molar-refractivity contribution in [3.05, 3.63) is 29.3 Å². The summed E-state index contributed by atoms with van der Waals surface area (Å²) in [6.45, 7) is 9.33. The normalized spacial score (nSPS) is 18.3. The molecular formula is C13H19NO. The van der Waals surface area contributed by atoms with Crippen LogP contribution in [0.1, 0.15) is 18.1 Å². The fraction of sp³-hybridized carbons (Fsp3) is 0.538. The smallest absolute Gasteiger partial charge is 0.0559 e. The first-order chi connectivity index (χ1) is 7.11. The van der Waals surface area contributed by atoms with Crippen molar-refractivity contribution in [3.8, 4) is 0 Å². The van der Waals surface area contributed by atoms with E-state index in [0.29, 0.717) is 5.41 Å². The van der Waals surface area contributed by atoms with Crippen LogP contribution in [0, 0.1) is 19.3 Å². The molecule has 15 heavy (non-hydrogen) atoms. The van der Waals surface area contributed by atoms with Crippen molar-refractivity contribution in [2.75, 3.05) is 25.1 Å². The van der Waals surface area contributed by atoms with Gasteiger partial charge < -0.3 is 10.1 Å². The van der Waals surface area contributed by atoms with Gasteiger partial charge in [-0.1, -0.05) is 19.1 Å². The molecule has 0 spiro atoms. The highest BCUT2D eigenvalue weighted by atomic mass is 16.5. The molecule has 0 aromatic heterocycles. The summed E-state index contributed by atoms with van der Waals surface area (Å²) in [5.74, 6) is 0. The van der Waals surface area contributed by atoms with Crippen LogP contribution in [0.3, 0.4) is 0 Å². The molecule has 0 amide bonds. The summed E-state index contributed by atoms with van der Waals surface area (Å²) < 4.78 is 5.24. The molecule has 0 aliphatic carbocycles. The van der Waals surface area contributed by atoms with Gasteiger partial charge in [-0.25, -0.2) is 0 Å². The summed E-state index contributed by atoms with van der Waals surface area (Å²) in [4.78, 5) is 0. The van der Waals surface area contributed by atoms with Crippen molar-refractivity contribution >= 4 is 5.69 Å². The highest BCUT2D eigenvalue weighted by molar-refractivity contribution is 5.53. The van der Waals surface area contributed by atoms with Gasteiger partial charge in [0.15, 0.2) is 0 Å². The highest BCUT2D eigenvalue weighted by Gasteiger charge is 2.32. The van der Waals surface area contributed by atoms with Crippen LogP contribution in [0.15, 0.2) is 18.2 Å². The Morgan fingerprint density at radius 3 is 2.67 bits per heavy atom. The van der Waals surface area contributed by atoms with Crippen LogP contribution in [0.4, 0.5) is 5.69 Å². The zero-order valence-corrected chi connectivity index (χ0v) is 9.76. The van der Waals surface area contributed by atoms with Gasteiger partial charge in [0.05, 0.1) is 13.2 Å². The molecule has 1 aromatic carbocycles. The molecule has 0 atom stereocenters. The van der Waals surface area contributed by atoms with Gasteiger partial charge in [-0.05, 0) is 31.0 Å². The number of nitrogens with one attached hydrogen (secondary N) is 1. The molecule has 0 saturated carbocycles. The molecule has 2 rings (SSSR count). The molecule has 1 aliphatic heterocycles. The van der Waals surface area contributed by atoms with Gasteiger partial charge in [-0.3, -0.25) is 0 Å². The zero-order valence-electron chi connectivity index (χ0n) is 9.76. The molecular weight excluding hydrogens is 186 g/mol. The van der Waals surface area contributed by atoms with E-state index in [0.717, 1.165) is 19.8 Å². The van der Waals surface area contributed by atoms with Crippen molar-refractivity contribution < 1.29 is 4.74 Å². The van der Waals surface area contributed by atoms with Gasteiger partial charge in [0, 0.05) is 17.6 Å². The second kappa shape index (κ2) is 3.86. The second-order valence-electron chi connectivity index (χ2n) is 4.90. The van der Waals surface area contributed by atoms with Crippen molar-refractivity contribution in [1.82, 2.24) is 0 Å². The number of ether oxygens (including phenoxy) is 1. The third-order valence-corrected chi connectivity index (χ3v) is 3.21. The van der Waals surface area contributed by atoms with E-state index in [9.17, 15) is 0 Å². The molecule has 1 heterocycles. The molecule has 0 unspecified atom stereocenters. The van der Waals surface area contributed by atoms with Gasteiger partial charge in [0.1, 0.15) is 0 Å². The Balaban J connectivity index is 2.01. The standard InChI is InChI=1S/C13H19NO/c1-10-5-4-6-12(11(10)2)14-7-13(3)8-15-9-13/h4-6,14H,7-9H2,1-3H3. The number of benzene rings is 1. The van der Waals surface area contributed by atoms with Crippen molar-refractivity contribution in [1.29, 1.82) is 0 Å². The molecule has 2 nitrogen and oxygen atoms in total. The number of hydrogen-bond acceptors (Lipinski definition) is 2. The Labute approximate surface area is 91.6 Å². The molecule has 0 radical (unpaired) electrons. The summed E-state index contributed by atoms with van der Waals surface area (Å²) in [7, 11) is 0. The largest absolute Gasteiger partial charge is 0.384 e. The molecule has 82 valence electrons. The maximum Gasteiger partial charge on any atom is 0.0559 e. The predicted octanol–water partition coefficient (Wildman–Crippen LogP) is 2.75. The first-order valence-corrected chi connectivity index (χ1v) is 5.49. The van der Waals surface area contributed by atoms with Crippen molar-refractivity contribution in [2.24, 2.45) is 5.41 Å². The average molecular weight is 205 g/mol. The topological polar surface area (TPSA) is 21.3 Å². The van der Waals surface area contributed by atoms with E-state index in [-0.39, 0.29) is 0 Å². The van der Waals surface area contributed by atoms with E-state index in [4.69, 9.17) is 4.74 Å². The van der Waals surface area contributed by atoms with Gasteiger partial charge in [0.2, 0.25) is 0 Å². The molecule has 1 N–H and O–H groups in total. The summed E-state index contributed by atoms with van der Waals surface area (Å²) >= 11 is 0. The van der Waals surface area contributed by atoms with Crippen LogP contribution in [-0.2, 0) is 4.74 Å². The lowest BCUT2D eigenvalue weighted by atomic mass is 9.88. The van der Waals surface area contributed by atoms with Crippen molar-refractivity contribution in [3.63, 3.8) is 0 Å². The van der Waals surface area contributed by atoms with Gasteiger partial charge in [0.25, 0.3) is 0 Å². The maximum absolute atomic E-state index is 5.24. The first-order valence-electron chi connectivity index (χ1n) is 5.49. The lowest BCUT2D eigenvalue weighted by Gasteiger charge is -2.38. The maximum atomic E-state index is 5.24. The monoisotopic (exact) mass is 205 g/mol. The van der Waals surface area contributed by atoms with E-state index in [1.807, 2.05) is 0 Å². The number of aryl methyl sites for hydroxylation is 1. The number of anilines is 1. The van der Waals surface area contributed by atoms with Gasteiger partial charge in [-0.2, -0.15) is 0 Å². The predicted molar refractivity (Wildman–Crippen MR) is 63.3 cm³/mol. The molecule has 1 fully saturated rings. The SMILES string of the molecule is Cc1cccc(NCC2(C)COC2)c1C. The summed E-state index contributed by atoms with van der Waals surface area (Å²) in [6.07, 6.45) is 0. The third-order valence-electron chi connectivity index (χ3n) is 3.21. The van der Waals surface area contributed by atoms with Crippen LogP contribution in [-0.4, -0.2) is 19.8 Å². The lowest BCUT2D eigenvalue weighted by Crippen LogP contribution is -2.45. The Bertz CT molecular complexity index is 356. The summed E-state index contributed by atoms with van der Waals surface area (Å²) in [5, 5.41) is 3.52. The zero-order chi connectivity index (χ0) is 10.9. The Morgan fingerprint density at radius 1 is 1.33 bits per heavy atom. The third kappa shape index (κ3) is 2.15. The fourth-order valence-electron chi connectivity index (χ4n) is 1.80. The summed E-state index contributed by atoms with van der Waals surface area (Å²) in [6, 6.07) is 6.39. The van der Waals surface area contributed by atoms with Crippen LogP contribution in [0.5, 0.6) is 0 Å². The van der Waals surface area contributed by atoms with Gasteiger partial charge >= 0.3 is 0 Å². The molecule has 1 aliphatic rings. The first kappa shape index (κ1) is 10.5. The van der Waals surface area contributed by atoms with Gasteiger partial charge in [-0.15, -0.1) is 0 Å². The molecule has 1 saturated heterocycles. The molecule has 0 bridgehead atoms. The Hall–Kier alpha value is -1.02. The van der Waals surface area contributed by atoms with E-state index in [1.165, 1.54) is 16.8 Å². The number of hydrogen-bond donors (Lipinski definition) is 1. The minimum Gasteiger partial charge on any atom is -0.384 e. The van der Waals surface area contributed by atoms with E-state index in [1.54, 1.807) is 0 Å². The molecule has 1 aromatic rings.